The number of carbonyl (C=O) groups excluding carboxylic acids is 1. The second-order valence-electron chi connectivity index (χ2n) is 5.23. The molecule has 2 aromatic carbocycles. The zero-order valence-corrected chi connectivity index (χ0v) is 14.3. The molecule has 26 heavy (non-hydrogen) atoms. The Morgan fingerprint density at radius 3 is 2.50 bits per heavy atom. The third kappa shape index (κ3) is 4.64. The van der Waals surface area contributed by atoms with Crippen LogP contribution in [0.1, 0.15) is 10.4 Å². The smallest absolute Gasteiger partial charge is 0.269 e. The Hall–Kier alpha value is -3.26. The molecule has 0 bridgehead atoms. The lowest BCUT2D eigenvalue weighted by atomic mass is 10.1. The SMILES string of the molecule is O=C(CSc1nccc(Nc2ccccc2)n1)c1ccc([N+](=O)[O-])cc1. The fourth-order valence-electron chi connectivity index (χ4n) is 2.13. The second kappa shape index (κ2) is 8.21. The highest BCUT2D eigenvalue weighted by atomic mass is 32.2. The van der Waals surface area contributed by atoms with Crippen LogP contribution < -0.4 is 5.32 Å². The summed E-state index contributed by atoms with van der Waals surface area (Å²) in [6.45, 7) is 0. The van der Waals surface area contributed by atoms with Gasteiger partial charge in [-0.25, -0.2) is 9.97 Å². The van der Waals surface area contributed by atoms with Crippen LogP contribution in [0, 0.1) is 10.1 Å². The van der Waals surface area contributed by atoms with Gasteiger partial charge in [-0.05, 0) is 30.3 Å². The minimum Gasteiger partial charge on any atom is -0.340 e. The molecule has 0 aliphatic heterocycles. The zero-order chi connectivity index (χ0) is 18.4. The Balaban J connectivity index is 1.61. The second-order valence-corrected chi connectivity index (χ2v) is 6.17. The lowest BCUT2D eigenvalue weighted by Gasteiger charge is -2.06. The third-order valence-electron chi connectivity index (χ3n) is 3.41. The molecule has 0 atom stereocenters. The molecule has 0 aliphatic carbocycles. The predicted octanol–water partition coefficient (Wildman–Crippen LogP) is 4.10. The Labute approximate surface area is 153 Å². The predicted molar refractivity (Wildman–Crippen MR) is 99.9 cm³/mol. The molecule has 1 N–H and O–H groups in total. The van der Waals surface area contributed by atoms with Gasteiger partial charge in [0.05, 0.1) is 10.7 Å². The van der Waals surface area contributed by atoms with E-state index in [1.807, 2.05) is 30.3 Å². The molecule has 0 unspecified atom stereocenters. The van der Waals surface area contributed by atoms with Crippen molar-refractivity contribution in [1.82, 2.24) is 9.97 Å². The van der Waals surface area contributed by atoms with E-state index in [-0.39, 0.29) is 17.2 Å². The van der Waals surface area contributed by atoms with Gasteiger partial charge in [0.1, 0.15) is 5.82 Å². The molecule has 3 rings (SSSR count). The van der Waals surface area contributed by atoms with Crippen LogP contribution >= 0.6 is 11.8 Å². The number of ketones is 1. The Morgan fingerprint density at radius 1 is 1.08 bits per heavy atom. The molecule has 0 amide bonds. The van der Waals surface area contributed by atoms with Gasteiger partial charge in [-0.3, -0.25) is 14.9 Å². The number of aromatic nitrogens is 2. The summed E-state index contributed by atoms with van der Waals surface area (Å²) >= 11 is 1.21. The molecule has 0 spiro atoms. The number of carbonyl (C=O) groups is 1. The number of hydrogen-bond acceptors (Lipinski definition) is 7. The van der Waals surface area contributed by atoms with Gasteiger partial charge in [-0.2, -0.15) is 0 Å². The number of hydrogen-bond donors (Lipinski definition) is 1. The molecule has 0 fully saturated rings. The van der Waals surface area contributed by atoms with Gasteiger partial charge in [0.15, 0.2) is 10.9 Å². The summed E-state index contributed by atoms with van der Waals surface area (Å²) in [5.41, 5.74) is 1.28. The van der Waals surface area contributed by atoms with E-state index in [0.717, 1.165) is 5.69 Å². The summed E-state index contributed by atoms with van der Waals surface area (Å²) in [5, 5.41) is 14.3. The standard InChI is InChI=1S/C18H14N4O3S/c23-16(13-6-8-15(9-7-13)22(24)25)12-26-18-19-11-10-17(21-18)20-14-4-2-1-3-5-14/h1-11H,12H2,(H,19,20,21). The van der Waals surface area contributed by atoms with Crippen molar-refractivity contribution in [1.29, 1.82) is 0 Å². The molecule has 0 aliphatic rings. The first-order valence-corrected chi connectivity index (χ1v) is 8.66. The number of rotatable bonds is 7. The topological polar surface area (TPSA) is 98.0 Å². The monoisotopic (exact) mass is 366 g/mol. The summed E-state index contributed by atoms with van der Waals surface area (Å²) in [7, 11) is 0. The van der Waals surface area contributed by atoms with Gasteiger partial charge in [-0.15, -0.1) is 0 Å². The van der Waals surface area contributed by atoms with Crippen molar-refractivity contribution in [3.05, 3.63) is 82.5 Å². The molecule has 0 saturated carbocycles. The maximum absolute atomic E-state index is 12.2. The van der Waals surface area contributed by atoms with Crippen LogP contribution in [0.5, 0.6) is 0 Å². The molecule has 1 aromatic heterocycles. The molecular weight excluding hydrogens is 352 g/mol. The summed E-state index contributed by atoms with van der Waals surface area (Å²) in [6, 6.07) is 16.9. The highest BCUT2D eigenvalue weighted by Gasteiger charge is 2.11. The van der Waals surface area contributed by atoms with Crippen molar-refractivity contribution in [3.8, 4) is 0 Å². The average Bonchev–Trinajstić information content (AvgIpc) is 2.67. The average molecular weight is 366 g/mol. The molecule has 0 saturated heterocycles. The number of nitro groups is 1. The number of nitrogens with one attached hydrogen (secondary N) is 1. The molecular formula is C18H14N4O3S. The van der Waals surface area contributed by atoms with Gasteiger partial charge in [0.25, 0.3) is 5.69 Å². The largest absolute Gasteiger partial charge is 0.340 e. The Morgan fingerprint density at radius 2 is 1.81 bits per heavy atom. The quantitative estimate of drug-likeness (QED) is 0.221. The molecule has 0 radical (unpaired) electrons. The normalized spacial score (nSPS) is 10.3. The van der Waals surface area contributed by atoms with E-state index >= 15 is 0 Å². The van der Waals surface area contributed by atoms with E-state index in [2.05, 4.69) is 15.3 Å². The van der Waals surface area contributed by atoms with E-state index in [1.165, 1.54) is 36.0 Å². The van der Waals surface area contributed by atoms with E-state index in [4.69, 9.17) is 0 Å². The van der Waals surface area contributed by atoms with Crippen LogP contribution in [-0.4, -0.2) is 26.4 Å². The van der Waals surface area contributed by atoms with Crippen LogP contribution in [0.25, 0.3) is 0 Å². The summed E-state index contributed by atoms with van der Waals surface area (Å²) < 4.78 is 0. The van der Waals surface area contributed by atoms with Gasteiger partial charge in [0, 0.05) is 29.6 Å². The fourth-order valence-corrected chi connectivity index (χ4v) is 2.86. The first kappa shape index (κ1) is 17.6. The first-order valence-electron chi connectivity index (χ1n) is 7.67. The van der Waals surface area contributed by atoms with E-state index < -0.39 is 4.92 Å². The lowest BCUT2D eigenvalue weighted by molar-refractivity contribution is -0.384. The Bertz CT molecular complexity index is 917. The van der Waals surface area contributed by atoms with Crippen molar-refractivity contribution in [3.63, 3.8) is 0 Å². The zero-order valence-electron chi connectivity index (χ0n) is 13.5. The summed E-state index contributed by atoms with van der Waals surface area (Å²) in [6.07, 6.45) is 1.62. The van der Waals surface area contributed by atoms with E-state index in [9.17, 15) is 14.9 Å². The van der Waals surface area contributed by atoms with Crippen molar-refractivity contribution in [2.24, 2.45) is 0 Å². The number of Topliss-reactive ketones (excluding diaryl/α,β-unsaturated/α-hetero) is 1. The number of benzene rings is 2. The van der Waals surface area contributed by atoms with Crippen LogP contribution in [0.2, 0.25) is 0 Å². The number of nitrogens with zero attached hydrogens (tertiary/aromatic N) is 3. The Kier molecular flexibility index (Phi) is 5.55. The fraction of sp³-hybridized carbons (Fsp3) is 0.0556. The van der Waals surface area contributed by atoms with Crippen LogP contribution in [0.4, 0.5) is 17.2 Å². The number of thioether (sulfide) groups is 1. The van der Waals surface area contributed by atoms with Crippen molar-refractivity contribution in [2.45, 2.75) is 5.16 Å². The van der Waals surface area contributed by atoms with Crippen molar-refractivity contribution in [2.75, 3.05) is 11.1 Å². The number of nitro benzene ring substituents is 1. The first-order chi connectivity index (χ1) is 12.6. The minimum absolute atomic E-state index is 0.0442. The van der Waals surface area contributed by atoms with Gasteiger partial charge in [-0.1, -0.05) is 30.0 Å². The number of para-hydroxylation sites is 1. The highest BCUT2D eigenvalue weighted by Crippen LogP contribution is 2.20. The van der Waals surface area contributed by atoms with Gasteiger partial charge >= 0.3 is 0 Å². The van der Waals surface area contributed by atoms with Crippen LogP contribution in [-0.2, 0) is 0 Å². The third-order valence-corrected chi connectivity index (χ3v) is 4.27. The lowest BCUT2D eigenvalue weighted by Crippen LogP contribution is -2.04. The highest BCUT2D eigenvalue weighted by molar-refractivity contribution is 7.99. The molecule has 130 valence electrons. The number of non-ortho nitro benzene ring substituents is 1. The van der Waals surface area contributed by atoms with E-state index in [1.54, 1.807) is 12.3 Å². The van der Waals surface area contributed by atoms with Crippen molar-refractivity contribution >= 4 is 34.7 Å². The maximum atomic E-state index is 12.2. The molecule has 3 aromatic rings. The van der Waals surface area contributed by atoms with Crippen molar-refractivity contribution < 1.29 is 9.72 Å². The minimum atomic E-state index is -0.498. The number of anilines is 2. The maximum Gasteiger partial charge on any atom is 0.269 e. The van der Waals surface area contributed by atoms with Gasteiger partial charge < -0.3 is 5.32 Å². The molecule has 7 nitrogen and oxygen atoms in total. The van der Waals surface area contributed by atoms with Gasteiger partial charge in [0.2, 0.25) is 0 Å². The summed E-state index contributed by atoms with van der Waals surface area (Å²) in [4.78, 5) is 30.9. The molecule has 1 heterocycles. The van der Waals surface area contributed by atoms with Crippen LogP contribution in [0.15, 0.2) is 72.0 Å². The van der Waals surface area contributed by atoms with Crippen LogP contribution in [0.3, 0.4) is 0 Å². The molecule has 8 heteroatoms. The summed E-state index contributed by atoms with van der Waals surface area (Å²) in [5.74, 6) is 0.637. The van der Waals surface area contributed by atoms with E-state index in [0.29, 0.717) is 16.5 Å².